The second-order valence-electron chi connectivity index (χ2n) is 7.40. The fourth-order valence-electron chi connectivity index (χ4n) is 3.70. The fraction of sp³-hybridized carbons (Fsp3) is 0.368. The third-order valence-electron chi connectivity index (χ3n) is 4.80. The molecular weight excluding hydrogens is 352 g/mol. The van der Waals surface area contributed by atoms with Gasteiger partial charge in [-0.05, 0) is 5.41 Å². The summed E-state index contributed by atoms with van der Waals surface area (Å²) in [5.74, 6) is -1.87. The first-order valence-electron chi connectivity index (χ1n) is 8.41. The number of nitro groups is 1. The van der Waals surface area contributed by atoms with Crippen molar-refractivity contribution in [3.8, 4) is 0 Å². The molecule has 1 aliphatic carbocycles. The Morgan fingerprint density at radius 1 is 1.33 bits per heavy atom. The Hall–Kier alpha value is -3.16. The Bertz CT molecular complexity index is 913. The fourth-order valence-corrected chi connectivity index (χ4v) is 3.70. The highest BCUT2D eigenvalue weighted by Gasteiger charge is 2.46. The average molecular weight is 372 g/mol. The monoisotopic (exact) mass is 372 g/mol. The second kappa shape index (κ2) is 6.53. The Morgan fingerprint density at radius 3 is 2.63 bits per heavy atom. The number of para-hydroxylation sites is 1. The molecule has 0 saturated carbocycles. The number of esters is 1. The lowest BCUT2D eigenvalue weighted by Gasteiger charge is -2.37. The Morgan fingerprint density at radius 2 is 2.00 bits per heavy atom. The molecule has 1 aliphatic heterocycles. The molecule has 8 heteroatoms. The maximum atomic E-state index is 12.9. The second-order valence-corrected chi connectivity index (χ2v) is 7.40. The number of hydrogen-bond donors (Lipinski definition) is 1. The predicted octanol–water partition coefficient (Wildman–Crippen LogP) is 2.70. The van der Waals surface area contributed by atoms with Crippen LogP contribution in [0.25, 0.3) is 0 Å². The molecule has 1 atom stereocenters. The normalized spacial score (nSPS) is 21.4. The van der Waals surface area contributed by atoms with E-state index < -0.39 is 16.8 Å². The number of methoxy groups -OCH3 is 1. The number of carbonyl (C=O) groups excluding carboxylic acids is 2. The molecule has 8 nitrogen and oxygen atoms in total. The molecule has 2 aliphatic rings. The van der Waals surface area contributed by atoms with Gasteiger partial charge in [0, 0.05) is 30.0 Å². The van der Waals surface area contributed by atoms with Crippen LogP contribution in [0.4, 0.5) is 5.69 Å². The van der Waals surface area contributed by atoms with Crippen LogP contribution in [-0.2, 0) is 19.1 Å². The van der Waals surface area contributed by atoms with E-state index >= 15 is 0 Å². The third-order valence-corrected chi connectivity index (χ3v) is 4.80. The van der Waals surface area contributed by atoms with Gasteiger partial charge in [-0.3, -0.25) is 14.9 Å². The van der Waals surface area contributed by atoms with Crippen molar-refractivity contribution < 1.29 is 24.0 Å². The first kappa shape index (κ1) is 18.6. The van der Waals surface area contributed by atoms with E-state index in [2.05, 4.69) is 0 Å². The summed E-state index contributed by atoms with van der Waals surface area (Å²) in [4.78, 5) is 36.4. The summed E-state index contributed by atoms with van der Waals surface area (Å²) in [7, 11) is 1.18. The van der Waals surface area contributed by atoms with Crippen molar-refractivity contribution >= 4 is 17.4 Å². The molecule has 0 spiro atoms. The van der Waals surface area contributed by atoms with Crippen LogP contribution >= 0.6 is 0 Å². The zero-order valence-corrected chi connectivity index (χ0v) is 15.3. The first-order chi connectivity index (χ1) is 12.7. The van der Waals surface area contributed by atoms with Crippen LogP contribution in [0.3, 0.4) is 0 Å². The molecular formula is C19H20N2O6. The van der Waals surface area contributed by atoms with Gasteiger partial charge in [0.05, 0.1) is 18.0 Å². The van der Waals surface area contributed by atoms with Gasteiger partial charge >= 0.3 is 5.97 Å². The summed E-state index contributed by atoms with van der Waals surface area (Å²) >= 11 is 0. The van der Waals surface area contributed by atoms with E-state index in [1.807, 2.05) is 13.8 Å². The standard InChI is InChI=1S/C19H20N2O6/c1-19(2)8-12(22)15-13(9-19)27-17(20)16(18(23)26-3)14(15)10-6-4-5-7-11(10)21(24)25/h4-7,14H,8-9,20H2,1-3H3. The van der Waals surface area contributed by atoms with Crippen LogP contribution < -0.4 is 5.73 Å². The van der Waals surface area contributed by atoms with Crippen molar-refractivity contribution in [2.75, 3.05) is 7.11 Å². The first-order valence-corrected chi connectivity index (χ1v) is 8.41. The molecule has 1 unspecified atom stereocenters. The van der Waals surface area contributed by atoms with E-state index in [0.717, 1.165) is 0 Å². The molecule has 0 bridgehead atoms. The number of ketones is 1. The minimum atomic E-state index is -1.01. The molecule has 1 heterocycles. The van der Waals surface area contributed by atoms with E-state index in [0.29, 0.717) is 12.2 Å². The van der Waals surface area contributed by atoms with Gasteiger partial charge in [-0.1, -0.05) is 32.0 Å². The highest BCUT2D eigenvalue weighted by atomic mass is 16.6. The van der Waals surface area contributed by atoms with Gasteiger partial charge in [0.25, 0.3) is 5.69 Å². The number of allylic oxidation sites excluding steroid dienone is 2. The van der Waals surface area contributed by atoms with Gasteiger partial charge in [-0.15, -0.1) is 0 Å². The van der Waals surface area contributed by atoms with Crippen LogP contribution in [0.1, 0.15) is 38.2 Å². The van der Waals surface area contributed by atoms with Gasteiger partial charge in [0.15, 0.2) is 5.78 Å². The number of hydrogen-bond acceptors (Lipinski definition) is 7. The van der Waals surface area contributed by atoms with Crippen LogP contribution in [0.15, 0.2) is 47.1 Å². The topological polar surface area (TPSA) is 122 Å². The molecule has 142 valence electrons. The maximum absolute atomic E-state index is 12.9. The van der Waals surface area contributed by atoms with Crippen molar-refractivity contribution in [1.82, 2.24) is 0 Å². The van der Waals surface area contributed by atoms with E-state index in [4.69, 9.17) is 15.2 Å². The smallest absolute Gasteiger partial charge is 0.340 e. The quantitative estimate of drug-likeness (QED) is 0.492. The van der Waals surface area contributed by atoms with Crippen LogP contribution in [0, 0.1) is 15.5 Å². The summed E-state index contributed by atoms with van der Waals surface area (Å²) in [6.07, 6.45) is 0.668. The lowest BCUT2D eigenvalue weighted by Crippen LogP contribution is -2.35. The Kier molecular flexibility index (Phi) is 4.51. The van der Waals surface area contributed by atoms with E-state index in [-0.39, 0.29) is 45.9 Å². The van der Waals surface area contributed by atoms with Gasteiger partial charge in [0.2, 0.25) is 5.88 Å². The lowest BCUT2D eigenvalue weighted by molar-refractivity contribution is -0.385. The average Bonchev–Trinajstić information content (AvgIpc) is 2.58. The molecule has 1 aromatic carbocycles. The van der Waals surface area contributed by atoms with Crippen molar-refractivity contribution in [3.05, 3.63) is 62.7 Å². The number of rotatable bonds is 3. The Balaban J connectivity index is 2.28. The van der Waals surface area contributed by atoms with Crippen molar-refractivity contribution in [2.24, 2.45) is 11.1 Å². The van der Waals surface area contributed by atoms with E-state index in [1.54, 1.807) is 6.07 Å². The number of nitro benzene ring substituents is 1. The van der Waals surface area contributed by atoms with Crippen LogP contribution in [0.5, 0.6) is 0 Å². The Labute approximate surface area is 155 Å². The lowest BCUT2D eigenvalue weighted by atomic mass is 9.70. The highest BCUT2D eigenvalue weighted by molar-refractivity contribution is 6.03. The molecule has 27 heavy (non-hydrogen) atoms. The van der Waals surface area contributed by atoms with E-state index in [1.165, 1.54) is 25.3 Å². The van der Waals surface area contributed by atoms with Crippen molar-refractivity contribution in [1.29, 1.82) is 0 Å². The summed E-state index contributed by atoms with van der Waals surface area (Å²) < 4.78 is 10.4. The zero-order chi connectivity index (χ0) is 19.9. The molecule has 0 saturated heterocycles. The summed E-state index contributed by atoms with van der Waals surface area (Å²) in [5, 5.41) is 11.5. The minimum Gasteiger partial charge on any atom is -0.465 e. The predicted molar refractivity (Wildman–Crippen MR) is 95.2 cm³/mol. The van der Waals surface area contributed by atoms with Crippen molar-refractivity contribution in [3.63, 3.8) is 0 Å². The summed E-state index contributed by atoms with van der Waals surface area (Å²) in [6.45, 7) is 3.85. The van der Waals surface area contributed by atoms with Crippen LogP contribution in [-0.4, -0.2) is 23.8 Å². The SMILES string of the molecule is COC(=O)C1=C(N)OC2=C(C(=O)CC(C)(C)C2)C1c1ccccc1[N+](=O)[O-]. The molecule has 2 N–H and O–H groups in total. The van der Waals surface area contributed by atoms with Gasteiger partial charge in [-0.2, -0.15) is 0 Å². The van der Waals surface area contributed by atoms with Gasteiger partial charge in [-0.25, -0.2) is 4.79 Å². The third kappa shape index (κ3) is 3.18. The molecule has 3 rings (SSSR count). The number of ether oxygens (including phenoxy) is 2. The number of Topliss-reactive ketones (excluding diaryl/α,β-unsaturated/α-hetero) is 1. The summed E-state index contributed by atoms with van der Waals surface area (Å²) in [5.41, 5.74) is 5.78. The number of nitrogens with zero attached hydrogens (tertiary/aromatic N) is 1. The highest BCUT2D eigenvalue weighted by Crippen LogP contribution is 2.49. The molecule has 0 fully saturated rings. The number of carbonyl (C=O) groups is 2. The number of benzene rings is 1. The molecule has 0 amide bonds. The summed E-state index contributed by atoms with van der Waals surface area (Å²) in [6, 6.07) is 5.97. The molecule has 1 aromatic rings. The van der Waals surface area contributed by atoms with Crippen molar-refractivity contribution in [2.45, 2.75) is 32.6 Å². The molecule has 0 aromatic heterocycles. The molecule has 0 radical (unpaired) electrons. The minimum absolute atomic E-state index is 0.0985. The maximum Gasteiger partial charge on any atom is 0.340 e. The van der Waals surface area contributed by atoms with Crippen LogP contribution in [0.2, 0.25) is 0 Å². The van der Waals surface area contributed by atoms with Gasteiger partial charge in [0.1, 0.15) is 11.3 Å². The van der Waals surface area contributed by atoms with Gasteiger partial charge < -0.3 is 15.2 Å². The zero-order valence-electron chi connectivity index (χ0n) is 15.3. The van der Waals surface area contributed by atoms with E-state index in [9.17, 15) is 19.7 Å². The largest absolute Gasteiger partial charge is 0.465 e. The number of nitrogens with two attached hydrogens (primary N) is 1.